The number of nitrogens with zero attached hydrogens (tertiary/aromatic N) is 3. The molecular weight excluding hydrogens is 331 g/mol. The molecule has 6 heteroatoms. The Morgan fingerprint density at radius 3 is 2.69 bits per heavy atom. The highest BCUT2D eigenvalue weighted by Gasteiger charge is 2.16. The Balaban J connectivity index is 1.71. The number of hydrogen-bond donors (Lipinski definition) is 1. The van der Waals surface area contributed by atoms with Gasteiger partial charge >= 0.3 is 0 Å². The number of halogens is 1. The molecule has 4 aromatic rings. The minimum Gasteiger partial charge on any atom is -0.322 e. The van der Waals surface area contributed by atoms with Gasteiger partial charge in [-0.3, -0.25) is 4.79 Å². The van der Waals surface area contributed by atoms with Gasteiger partial charge in [-0.25, -0.2) is 13.9 Å². The van der Waals surface area contributed by atoms with Crippen LogP contribution in [0.1, 0.15) is 15.9 Å². The lowest BCUT2D eigenvalue weighted by atomic mass is 10.1. The highest BCUT2D eigenvalue weighted by molar-refractivity contribution is 6.08. The minimum atomic E-state index is -0.388. The number of amides is 1. The predicted molar refractivity (Wildman–Crippen MR) is 97.5 cm³/mol. The van der Waals surface area contributed by atoms with Gasteiger partial charge < -0.3 is 5.32 Å². The van der Waals surface area contributed by atoms with Crippen LogP contribution in [0.15, 0.2) is 67.0 Å². The fourth-order valence-electron chi connectivity index (χ4n) is 2.75. The monoisotopic (exact) mass is 346 g/mol. The number of aryl methyl sites for hydroxylation is 1. The summed E-state index contributed by atoms with van der Waals surface area (Å²) in [5, 5.41) is 7.00. The molecule has 0 radical (unpaired) electrons. The second-order valence-electron chi connectivity index (χ2n) is 5.91. The van der Waals surface area contributed by atoms with E-state index in [9.17, 15) is 9.18 Å². The highest BCUT2D eigenvalue weighted by atomic mass is 19.1. The fourth-order valence-corrected chi connectivity index (χ4v) is 2.75. The molecule has 0 aliphatic rings. The second-order valence-corrected chi connectivity index (χ2v) is 5.91. The van der Waals surface area contributed by atoms with Gasteiger partial charge in [-0.05, 0) is 30.7 Å². The molecule has 0 fully saturated rings. The van der Waals surface area contributed by atoms with Crippen molar-refractivity contribution in [3.8, 4) is 11.3 Å². The quantitative estimate of drug-likeness (QED) is 0.608. The Morgan fingerprint density at radius 2 is 1.92 bits per heavy atom. The zero-order valence-electron chi connectivity index (χ0n) is 14.0. The number of benzene rings is 2. The Morgan fingerprint density at radius 1 is 1.12 bits per heavy atom. The Labute approximate surface area is 149 Å². The lowest BCUT2D eigenvalue weighted by Crippen LogP contribution is -2.12. The van der Waals surface area contributed by atoms with Crippen molar-refractivity contribution in [2.75, 3.05) is 5.32 Å². The molecule has 5 nitrogen and oxygen atoms in total. The molecule has 4 rings (SSSR count). The first-order valence-corrected chi connectivity index (χ1v) is 8.09. The summed E-state index contributed by atoms with van der Waals surface area (Å²) in [4.78, 5) is 16.9. The minimum absolute atomic E-state index is 0.323. The van der Waals surface area contributed by atoms with E-state index in [0.29, 0.717) is 22.5 Å². The van der Waals surface area contributed by atoms with Crippen molar-refractivity contribution in [3.05, 3.63) is 83.9 Å². The molecule has 0 saturated carbocycles. The summed E-state index contributed by atoms with van der Waals surface area (Å²) in [6, 6.07) is 16.1. The standard InChI is InChI=1S/C20H15FN4O/c1-13-7-8-15(11-17(13)21)24-20(26)16-12-23-25-18(9-10-22-19(16)25)14-5-3-2-4-6-14/h2-12H,1H3,(H,24,26). The van der Waals surface area contributed by atoms with E-state index in [4.69, 9.17) is 0 Å². The summed E-state index contributed by atoms with van der Waals surface area (Å²) in [5.41, 5.74) is 3.47. The molecule has 0 atom stereocenters. The number of carbonyl (C=O) groups excluding carboxylic acids is 1. The van der Waals surface area contributed by atoms with Gasteiger partial charge in [0.05, 0.1) is 11.9 Å². The van der Waals surface area contributed by atoms with Gasteiger partial charge in [0, 0.05) is 17.4 Å². The zero-order chi connectivity index (χ0) is 18.1. The van der Waals surface area contributed by atoms with Gasteiger partial charge in [-0.1, -0.05) is 36.4 Å². The molecule has 128 valence electrons. The normalized spacial score (nSPS) is 10.8. The first-order chi connectivity index (χ1) is 12.6. The fraction of sp³-hybridized carbons (Fsp3) is 0.0500. The van der Waals surface area contributed by atoms with Crippen LogP contribution in [0.4, 0.5) is 10.1 Å². The maximum Gasteiger partial charge on any atom is 0.261 e. The summed E-state index contributed by atoms with van der Waals surface area (Å²) in [7, 11) is 0. The second kappa shape index (κ2) is 6.40. The van der Waals surface area contributed by atoms with Crippen LogP contribution in [0.25, 0.3) is 16.9 Å². The molecular formula is C20H15FN4O. The van der Waals surface area contributed by atoms with E-state index in [2.05, 4.69) is 15.4 Å². The lowest BCUT2D eigenvalue weighted by Gasteiger charge is -2.06. The van der Waals surface area contributed by atoms with Crippen LogP contribution in [-0.2, 0) is 0 Å². The number of carbonyl (C=O) groups is 1. The molecule has 2 aromatic heterocycles. The van der Waals surface area contributed by atoms with E-state index in [1.165, 1.54) is 12.3 Å². The predicted octanol–water partition coefficient (Wildman–Crippen LogP) is 4.10. The maximum atomic E-state index is 13.7. The average Bonchev–Trinajstić information content (AvgIpc) is 3.10. The first kappa shape index (κ1) is 16.0. The van der Waals surface area contributed by atoms with E-state index in [1.54, 1.807) is 29.8 Å². The number of hydrogen-bond acceptors (Lipinski definition) is 3. The van der Waals surface area contributed by atoms with Gasteiger partial charge in [0.2, 0.25) is 0 Å². The van der Waals surface area contributed by atoms with Crippen LogP contribution in [-0.4, -0.2) is 20.5 Å². The Hall–Kier alpha value is -3.54. The van der Waals surface area contributed by atoms with Gasteiger partial charge in [0.1, 0.15) is 11.4 Å². The molecule has 1 N–H and O–H groups in total. The van der Waals surface area contributed by atoms with Crippen molar-refractivity contribution < 1.29 is 9.18 Å². The molecule has 2 heterocycles. The van der Waals surface area contributed by atoms with E-state index in [-0.39, 0.29) is 11.7 Å². The summed E-state index contributed by atoms with van der Waals surface area (Å²) >= 11 is 0. The maximum absolute atomic E-state index is 13.7. The average molecular weight is 346 g/mol. The molecule has 0 saturated heterocycles. The van der Waals surface area contributed by atoms with Crippen LogP contribution >= 0.6 is 0 Å². The van der Waals surface area contributed by atoms with Crippen molar-refractivity contribution in [1.82, 2.24) is 14.6 Å². The summed E-state index contributed by atoms with van der Waals surface area (Å²) in [6.45, 7) is 1.67. The van der Waals surface area contributed by atoms with Crippen LogP contribution in [0.5, 0.6) is 0 Å². The largest absolute Gasteiger partial charge is 0.322 e. The highest BCUT2D eigenvalue weighted by Crippen LogP contribution is 2.21. The third kappa shape index (κ3) is 2.82. The molecule has 1 amide bonds. The van der Waals surface area contributed by atoms with Crippen molar-refractivity contribution in [2.24, 2.45) is 0 Å². The van der Waals surface area contributed by atoms with E-state index in [0.717, 1.165) is 11.3 Å². The van der Waals surface area contributed by atoms with Crippen LogP contribution in [0.3, 0.4) is 0 Å². The van der Waals surface area contributed by atoms with Crippen molar-refractivity contribution in [1.29, 1.82) is 0 Å². The zero-order valence-corrected chi connectivity index (χ0v) is 14.0. The lowest BCUT2D eigenvalue weighted by molar-refractivity contribution is 0.102. The molecule has 0 unspecified atom stereocenters. The van der Waals surface area contributed by atoms with E-state index in [1.807, 2.05) is 36.4 Å². The Bertz CT molecular complexity index is 1110. The van der Waals surface area contributed by atoms with Gasteiger partial charge in [-0.2, -0.15) is 5.10 Å². The number of fused-ring (bicyclic) bond motifs is 1. The third-order valence-corrected chi connectivity index (χ3v) is 4.15. The number of nitrogens with one attached hydrogen (secondary N) is 1. The SMILES string of the molecule is Cc1ccc(NC(=O)c2cnn3c(-c4ccccc4)ccnc23)cc1F. The summed E-state index contributed by atoms with van der Waals surface area (Å²) in [5.74, 6) is -0.756. The van der Waals surface area contributed by atoms with E-state index >= 15 is 0 Å². The van der Waals surface area contributed by atoms with Crippen molar-refractivity contribution in [2.45, 2.75) is 6.92 Å². The Kier molecular flexibility index (Phi) is 3.93. The van der Waals surface area contributed by atoms with Crippen LogP contribution in [0.2, 0.25) is 0 Å². The number of anilines is 1. The molecule has 0 bridgehead atoms. The van der Waals surface area contributed by atoms with Gasteiger partial charge in [0.25, 0.3) is 5.91 Å². The van der Waals surface area contributed by atoms with Crippen LogP contribution < -0.4 is 5.32 Å². The summed E-state index contributed by atoms with van der Waals surface area (Å²) < 4.78 is 15.3. The topological polar surface area (TPSA) is 59.3 Å². The summed E-state index contributed by atoms with van der Waals surface area (Å²) in [6.07, 6.45) is 3.11. The number of aromatic nitrogens is 3. The number of rotatable bonds is 3. The van der Waals surface area contributed by atoms with Crippen LogP contribution in [0, 0.1) is 12.7 Å². The smallest absolute Gasteiger partial charge is 0.261 e. The molecule has 2 aromatic carbocycles. The first-order valence-electron chi connectivity index (χ1n) is 8.09. The molecule has 0 aliphatic heterocycles. The van der Waals surface area contributed by atoms with Gasteiger partial charge in [-0.15, -0.1) is 0 Å². The molecule has 0 aliphatic carbocycles. The van der Waals surface area contributed by atoms with E-state index < -0.39 is 0 Å². The molecule has 26 heavy (non-hydrogen) atoms. The van der Waals surface area contributed by atoms with Crippen molar-refractivity contribution in [3.63, 3.8) is 0 Å². The van der Waals surface area contributed by atoms with Crippen molar-refractivity contribution >= 4 is 17.2 Å². The molecule has 0 spiro atoms. The third-order valence-electron chi connectivity index (χ3n) is 4.15. The van der Waals surface area contributed by atoms with Gasteiger partial charge in [0.15, 0.2) is 5.65 Å².